The zero-order valence-corrected chi connectivity index (χ0v) is 10.1. The molecule has 2 rings (SSSR count). The third-order valence-corrected chi connectivity index (χ3v) is 5.95. The van der Waals surface area contributed by atoms with E-state index in [1.807, 2.05) is 6.92 Å². The van der Waals surface area contributed by atoms with Crippen LogP contribution in [0.3, 0.4) is 0 Å². The van der Waals surface area contributed by atoms with Crippen LogP contribution in [-0.4, -0.2) is 43.6 Å². The van der Waals surface area contributed by atoms with Gasteiger partial charge in [0.1, 0.15) is 0 Å². The summed E-state index contributed by atoms with van der Waals surface area (Å²) in [6.07, 6.45) is 3.96. The van der Waals surface area contributed by atoms with E-state index in [4.69, 9.17) is 0 Å². The zero-order valence-electron chi connectivity index (χ0n) is 9.28. The van der Waals surface area contributed by atoms with Gasteiger partial charge < -0.3 is 5.32 Å². The molecule has 2 saturated heterocycles. The molecule has 0 bridgehead atoms. The van der Waals surface area contributed by atoms with Crippen molar-refractivity contribution in [3.05, 3.63) is 0 Å². The van der Waals surface area contributed by atoms with E-state index in [1.165, 1.54) is 0 Å². The second-order valence-corrected chi connectivity index (χ2v) is 6.78. The van der Waals surface area contributed by atoms with Crippen LogP contribution < -0.4 is 5.32 Å². The van der Waals surface area contributed by atoms with Crippen molar-refractivity contribution in [1.29, 1.82) is 0 Å². The lowest BCUT2D eigenvalue weighted by Crippen LogP contribution is -2.47. The molecule has 15 heavy (non-hydrogen) atoms. The van der Waals surface area contributed by atoms with Crippen LogP contribution in [0.25, 0.3) is 0 Å². The summed E-state index contributed by atoms with van der Waals surface area (Å²) in [7, 11) is -3.04. The highest BCUT2D eigenvalue weighted by atomic mass is 32.2. The zero-order chi connectivity index (χ0) is 10.9. The van der Waals surface area contributed by atoms with Crippen LogP contribution in [0.4, 0.5) is 0 Å². The first-order valence-electron chi connectivity index (χ1n) is 5.84. The van der Waals surface area contributed by atoms with Crippen LogP contribution in [0, 0.1) is 0 Å². The molecule has 2 aliphatic heterocycles. The summed E-state index contributed by atoms with van der Waals surface area (Å²) in [5.74, 6) is 0. The summed E-state index contributed by atoms with van der Waals surface area (Å²) >= 11 is 0. The van der Waals surface area contributed by atoms with Crippen molar-refractivity contribution in [2.75, 3.05) is 19.6 Å². The molecule has 88 valence electrons. The maximum atomic E-state index is 12.3. The predicted octanol–water partition coefficient (Wildman–Crippen LogP) is 0.552. The summed E-state index contributed by atoms with van der Waals surface area (Å²) in [6, 6.07) is 0.198. The molecule has 2 fully saturated rings. The summed E-state index contributed by atoms with van der Waals surface area (Å²) in [5, 5.41) is 2.94. The van der Waals surface area contributed by atoms with Crippen molar-refractivity contribution in [3.8, 4) is 0 Å². The van der Waals surface area contributed by atoms with Crippen LogP contribution in [0.15, 0.2) is 0 Å². The van der Waals surface area contributed by atoms with Crippen molar-refractivity contribution in [3.63, 3.8) is 0 Å². The molecule has 2 aliphatic rings. The Morgan fingerprint density at radius 1 is 1.27 bits per heavy atom. The van der Waals surface area contributed by atoms with Crippen LogP contribution in [-0.2, 0) is 10.0 Å². The smallest absolute Gasteiger partial charge is 0.218 e. The number of piperidine rings is 1. The number of nitrogens with zero attached hydrogens (tertiary/aromatic N) is 1. The summed E-state index contributed by atoms with van der Waals surface area (Å²) in [6.45, 7) is 4.22. The lowest BCUT2D eigenvalue weighted by atomic mass is 10.1. The second kappa shape index (κ2) is 4.39. The van der Waals surface area contributed by atoms with Gasteiger partial charge in [-0.25, -0.2) is 8.42 Å². The average molecular weight is 232 g/mol. The first-order valence-corrected chi connectivity index (χ1v) is 7.34. The van der Waals surface area contributed by atoms with E-state index >= 15 is 0 Å². The summed E-state index contributed by atoms with van der Waals surface area (Å²) in [5.41, 5.74) is 0. The number of sulfonamides is 1. The first kappa shape index (κ1) is 11.4. The molecule has 0 aliphatic carbocycles. The lowest BCUT2D eigenvalue weighted by Gasteiger charge is -2.34. The molecule has 2 unspecified atom stereocenters. The van der Waals surface area contributed by atoms with Crippen molar-refractivity contribution in [1.82, 2.24) is 9.62 Å². The number of hydrogen-bond donors (Lipinski definition) is 1. The molecule has 0 radical (unpaired) electrons. The molecular formula is C10H20N2O2S. The van der Waals surface area contributed by atoms with E-state index in [9.17, 15) is 8.42 Å². The Kier molecular flexibility index (Phi) is 3.33. The summed E-state index contributed by atoms with van der Waals surface area (Å²) < 4.78 is 26.3. The third-order valence-electron chi connectivity index (χ3n) is 3.51. The Balaban J connectivity index is 2.12. The van der Waals surface area contributed by atoms with Crippen molar-refractivity contribution >= 4 is 10.0 Å². The Morgan fingerprint density at radius 3 is 2.67 bits per heavy atom. The molecule has 0 spiro atoms. The molecule has 2 heterocycles. The topological polar surface area (TPSA) is 49.4 Å². The normalized spacial score (nSPS) is 34.5. The van der Waals surface area contributed by atoms with Gasteiger partial charge in [-0.3, -0.25) is 0 Å². The van der Waals surface area contributed by atoms with Gasteiger partial charge in [0, 0.05) is 19.1 Å². The molecule has 0 aromatic rings. The average Bonchev–Trinajstić information content (AvgIpc) is 2.71. The van der Waals surface area contributed by atoms with E-state index in [0.717, 1.165) is 38.8 Å². The second-order valence-electron chi connectivity index (χ2n) is 4.62. The van der Waals surface area contributed by atoms with Crippen molar-refractivity contribution in [2.24, 2.45) is 0 Å². The Hall–Kier alpha value is -0.130. The van der Waals surface area contributed by atoms with Crippen LogP contribution >= 0.6 is 0 Å². The molecule has 0 aromatic carbocycles. The molecule has 2 atom stereocenters. The monoisotopic (exact) mass is 232 g/mol. The van der Waals surface area contributed by atoms with E-state index in [2.05, 4.69) is 5.32 Å². The van der Waals surface area contributed by atoms with Crippen molar-refractivity contribution < 1.29 is 8.42 Å². The first-order chi connectivity index (χ1) is 7.12. The Labute approximate surface area is 92.1 Å². The Morgan fingerprint density at radius 2 is 2.07 bits per heavy atom. The molecule has 0 saturated carbocycles. The molecule has 1 N–H and O–H groups in total. The highest BCUT2D eigenvalue weighted by molar-refractivity contribution is 7.89. The van der Waals surface area contributed by atoms with Crippen LogP contribution in [0.2, 0.25) is 0 Å². The summed E-state index contributed by atoms with van der Waals surface area (Å²) in [4.78, 5) is 0. The van der Waals surface area contributed by atoms with Gasteiger partial charge in [0.25, 0.3) is 0 Å². The minimum Gasteiger partial charge on any atom is -0.315 e. The van der Waals surface area contributed by atoms with Crippen LogP contribution in [0.5, 0.6) is 0 Å². The predicted molar refractivity (Wildman–Crippen MR) is 60.2 cm³/mol. The highest BCUT2D eigenvalue weighted by Gasteiger charge is 2.37. The lowest BCUT2D eigenvalue weighted by molar-refractivity contribution is 0.266. The SMILES string of the molecule is CC1CCCCN1S(=O)(=O)C1CCNC1. The fraction of sp³-hybridized carbons (Fsp3) is 1.00. The van der Waals surface area contributed by atoms with Crippen LogP contribution in [0.1, 0.15) is 32.6 Å². The fourth-order valence-electron chi connectivity index (χ4n) is 2.52. The van der Waals surface area contributed by atoms with Gasteiger partial charge in [0.2, 0.25) is 10.0 Å². The number of nitrogens with one attached hydrogen (secondary N) is 1. The third kappa shape index (κ3) is 2.19. The minimum atomic E-state index is -3.04. The minimum absolute atomic E-state index is 0.182. The highest BCUT2D eigenvalue weighted by Crippen LogP contribution is 2.24. The molecular weight excluding hydrogens is 212 g/mol. The van der Waals surface area contributed by atoms with E-state index in [1.54, 1.807) is 4.31 Å². The number of rotatable bonds is 2. The molecule has 4 nitrogen and oxygen atoms in total. The largest absolute Gasteiger partial charge is 0.315 e. The van der Waals surface area contributed by atoms with E-state index in [0.29, 0.717) is 6.54 Å². The molecule has 0 aromatic heterocycles. The number of hydrogen-bond acceptors (Lipinski definition) is 3. The van der Waals surface area contributed by atoms with Crippen molar-refractivity contribution in [2.45, 2.75) is 43.9 Å². The van der Waals surface area contributed by atoms with Gasteiger partial charge in [0.15, 0.2) is 0 Å². The van der Waals surface area contributed by atoms with Gasteiger partial charge in [-0.05, 0) is 32.7 Å². The quantitative estimate of drug-likeness (QED) is 0.756. The maximum absolute atomic E-state index is 12.3. The molecule has 5 heteroatoms. The van der Waals surface area contributed by atoms with E-state index < -0.39 is 10.0 Å². The van der Waals surface area contributed by atoms with Gasteiger partial charge in [-0.2, -0.15) is 4.31 Å². The van der Waals surface area contributed by atoms with Gasteiger partial charge >= 0.3 is 0 Å². The Bertz CT molecular complexity index is 309. The standard InChI is InChI=1S/C10H20N2O2S/c1-9-4-2-3-7-12(9)15(13,14)10-5-6-11-8-10/h9-11H,2-8H2,1H3. The van der Waals surface area contributed by atoms with Gasteiger partial charge in [-0.15, -0.1) is 0 Å². The van der Waals surface area contributed by atoms with E-state index in [-0.39, 0.29) is 11.3 Å². The van der Waals surface area contributed by atoms with Gasteiger partial charge in [0.05, 0.1) is 5.25 Å². The fourth-order valence-corrected chi connectivity index (χ4v) is 4.64. The van der Waals surface area contributed by atoms with Gasteiger partial charge in [-0.1, -0.05) is 6.42 Å². The molecule has 0 amide bonds. The maximum Gasteiger partial charge on any atom is 0.218 e.